The first-order valence-corrected chi connectivity index (χ1v) is 6.16. The molecule has 2 rings (SSSR count). The molecule has 1 aromatic heterocycles. The average Bonchev–Trinajstić information content (AvgIpc) is 2.41. The molecule has 2 aromatic rings. The Hall–Kier alpha value is -1.95. The molecule has 1 heterocycles. The second kappa shape index (κ2) is 5.79. The number of anilines is 1. The number of carbonyl (C=O) groups is 1. The lowest BCUT2D eigenvalue weighted by molar-refractivity contribution is 0.102. The first-order valence-electron chi connectivity index (χ1n) is 5.36. The van der Waals surface area contributed by atoms with Crippen molar-refractivity contribution < 1.29 is 13.9 Å². The van der Waals surface area contributed by atoms with Crippen LogP contribution in [0.2, 0.25) is 0 Å². The van der Waals surface area contributed by atoms with E-state index in [1.807, 2.05) is 0 Å². The van der Waals surface area contributed by atoms with Gasteiger partial charge in [-0.05, 0) is 46.3 Å². The highest BCUT2D eigenvalue weighted by atomic mass is 79.9. The second-order valence-electron chi connectivity index (χ2n) is 3.67. The van der Waals surface area contributed by atoms with Crippen LogP contribution in [0.3, 0.4) is 0 Å². The van der Waals surface area contributed by atoms with Crippen LogP contribution in [0, 0.1) is 5.95 Å². The van der Waals surface area contributed by atoms with Crippen molar-refractivity contribution in [1.29, 1.82) is 0 Å². The lowest BCUT2D eigenvalue weighted by Gasteiger charge is -2.07. The molecule has 0 aliphatic rings. The molecule has 1 aromatic carbocycles. The van der Waals surface area contributed by atoms with Gasteiger partial charge in [-0.3, -0.25) is 4.79 Å². The minimum atomic E-state index is -0.592. The molecule has 1 amide bonds. The zero-order valence-corrected chi connectivity index (χ0v) is 11.6. The van der Waals surface area contributed by atoms with E-state index in [2.05, 4.69) is 26.2 Å². The van der Waals surface area contributed by atoms with Crippen molar-refractivity contribution >= 4 is 27.5 Å². The number of aromatic nitrogens is 1. The molecule has 0 bridgehead atoms. The number of benzene rings is 1. The van der Waals surface area contributed by atoms with Crippen molar-refractivity contribution in [2.45, 2.75) is 0 Å². The number of halogens is 2. The summed E-state index contributed by atoms with van der Waals surface area (Å²) in [6, 6.07) is 7.58. The van der Waals surface area contributed by atoms with E-state index < -0.39 is 5.95 Å². The van der Waals surface area contributed by atoms with Gasteiger partial charge in [0.1, 0.15) is 5.75 Å². The summed E-state index contributed by atoms with van der Waals surface area (Å²) >= 11 is 3.30. The van der Waals surface area contributed by atoms with Gasteiger partial charge in [0, 0.05) is 5.56 Å². The molecule has 98 valence electrons. The molecule has 0 saturated carbocycles. The van der Waals surface area contributed by atoms with Gasteiger partial charge in [0.05, 0.1) is 23.5 Å². The zero-order valence-electron chi connectivity index (χ0n) is 9.98. The Balaban J connectivity index is 2.16. The van der Waals surface area contributed by atoms with Gasteiger partial charge in [-0.2, -0.15) is 4.39 Å². The third-order valence-electron chi connectivity index (χ3n) is 2.40. The Labute approximate surface area is 117 Å². The van der Waals surface area contributed by atoms with Gasteiger partial charge in [-0.25, -0.2) is 4.98 Å². The molecule has 0 aliphatic carbocycles. The third kappa shape index (κ3) is 3.29. The van der Waals surface area contributed by atoms with Crippen molar-refractivity contribution in [2.24, 2.45) is 0 Å². The fourth-order valence-corrected chi connectivity index (χ4v) is 2.00. The lowest BCUT2D eigenvalue weighted by atomic mass is 10.2. The summed E-state index contributed by atoms with van der Waals surface area (Å²) in [7, 11) is 1.55. The summed E-state index contributed by atoms with van der Waals surface area (Å²) < 4.78 is 18.4. The summed E-state index contributed by atoms with van der Waals surface area (Å²) in [4.78, 5) is 15.4. The first-order chi connectivity index (χ1) is 9.10. The van der Waals surface area contributed by atoms with Gasteiger partial charge >= 0.3 is 0 Å². The number of ether oxygens (including phenoxy) is 1. The van der Waals surface area contributed by atoms with Crippen molar-refractivity contribution in [3.63, 3.8) is 0 Å². The number of hydrogen-bond donors (Lipinski definition) is 1. The number of carbonyl (C=O) groups excluding carboxylic acids is 1. The Bertz CT molecular complexity index is 602. The Morgan fingerprint density at radius 2 is 2.16 bits per heavy atom. The van der Waals surface area contributed by atoms with Gasteiger partial charge in [-0.1, -0.05) is 0 Å². The third-order valence-corrected chi connectivity index (χ3v) is 3.02. The summed E-state index contributed by atoms with van der Waals surface area (Å²) in [5.74, 6) is -0.262. The molecule has 0 unspecified atom stereocenters. The molecular formula is C13H10BrFN2O2. The smallest absolute Gasteiger partial charge is 0.255 e. The minimum Gasteiger partial charge on any atom is -0.496 e. The van der Waals surface area contributed by atoms with Crippen molar-refractivity contribution in [2.75, 3.05) is 12.4 Å². The van der Waals surface area contributed by atoms with Crippen LogP contribution in [0.5, 0.6) is 5.75 Å². The predicted molar refractivity (Wildman–Crippen MR) is 72.8 cm³/mol. The second-order valence-corrected chi connectivity index (χ2v) is 4.53. The van der Waals surface area contributed by atoms with Gasteiger partial charge in [-0.15, -0.1) is 0 Å². The molecule has 0 fully saturated rings. The standard InChI is InChI=1S/C13H10BrFN2O2/c1-19-11-4-2-8(6-10(11)14)13(18)17-9-3-5-12(15)16-7-9/h2-7H,1H3,(H,17,18). The van der Waals surface area contributed by atoms with Crippen molar-refractivity contribution in [3.8, 4) is 5.75 Å². The van der Waals surface area contributed by atoms with E-state index in [4.69, 9.17) is 4.74 Å². The molecular weight excluding hydrogens is 315 g/mol. The number of pyridine rings is 1. The summed E-state index contributed by atoms with van der Waals surface area (Å²) in [6.07, 6.45) is 1.26. The monoisotopic (exact) mass is 324 g/mol. The van der Waals surface area contributed by atoms with Crippen LogP contribution in [0.25, 0.3) is 0 Å². The molecule has 0 radical (unpaired) electrons. The molecule has 0 aliphatic heterocycles. The zero-order chi connectivity index (χ0) is 13.8. The molecule has 0 saturated heterocycles. The van der Waals surface area contributed by atoms with Crippen LogP contribution in [0.15, 0.2) is 41.0 Å². The highest BCUT2D eigenvalue weighted by Gasteiger charge is 2.09. The largest absolute Gasteiger partial charge is 0.496 e. The average molecular weight is 325 g/mol. The SMILES string of the molecule is COc1ccc(C(=O)Nc2ccc(F)nc2)cc1Br. The number of amides is 1. The number of rotatable bonds is 3. The molecule has 1 N–H and O–H groups in total. The maximum Gasteiger partial charge on any atom is 0.255 e. The van der Waals surface area contributed by atoms with Crippen LogP contribution in [0.4, 0.5) is 10.1 Å². The summed E-state index contributed by atoms with van der Waals surface area (Å²) in [6.45, 7) is 0. The first kappa shape index (κ1) is 13.5. The van der Waals surface area contributed by atoms with E-state index in [0.29, 0.717) is 21.5 Å². The maximum atomic E-state index is 12.6. The van der Waals surface area contributed by atoms with Gasteiger partial charge in [0.15, 0.2) is 0 Å². The van der Waals surface area contributed by atoms with Crippen LogP contribution in [-0.2, 0) is 0 Å². The molecule has 4 nitrogen and oxygen atoms in total. The van der Waals surface area contributed by atoms with E-state index in [1.54, 1.807) is 25.3 Å². The lowest BCUT2D eigenvalue weighted by Crippen LogP contribution is -2.12. The highest BCUT2D eigenvalue weighted by molar-refractivity contribution is 9.10. The van der Waals surface area contributed by atoms with E-state index in [1.165, 1.54) is 18.3 Å². The van der Waals surface area contributed by atoms with Crippen LogP contribution in [-0.4, -0.2) is 18.0 Å². The Morgan fingerprint density at radius 3 is 2.74 bits per heavy atom. The predicted octanol–water partition coefficient (Wildman–Crippen LogP) is 3.24. The van der Waals surface area contributed by atoms with Crippen molar-refractivity contribution in [3.05, 3.63) is 52.5 Å². The van der Waals surface area contributed by atoms with Crippen LogP contribution >= 0.6 is 15.9 Å². The van der Waals surface area contributed by atoms with E-state index in [-0.39, 0.29) is 5.91 Å². The molecule has 0 atom stereocenters. The quantitative estimate of drug-likeness (QED) is 0.882. The number of methoxy groups -OCH3 is 1. The highest BCUT2D eigenvalue weighted by Crippen LogP contribution is 2.25. The van der Waals surface area contributed by atoms with Gasteiger partial charge in [0.25, 0.3) is 5.91 Å². The van der Waals surface area contributed by atoms with Gasteiger partial charge in [0.2, 0.25) is 5.95 Å². The van der Waals surface area contributed by atoms with Crippen LogP contribution < -0.4 is 10.1 Å². The van der Waals surface area contributed by atoms with E-state index in [9.17, 15) is 9.18 Å². The number of hydrogen-bond acceptors (Lipinski definition) is 3. The number of nitrogens with one attached hydrogen (secondary N) is 1. The fraction of sp³-hybridized carbons (Fsp3) is 0.0769. The minimum absolute atomic E-state index is 0.309. The fourth-order valence-electron chi connectivity index (χ4n) is 1.46. The van der Waals surface area contributed by atoms with E-state index in [0.717, 1.165) is 0 Å². The molecule has 0 spiro atoms. The normalized spacial score (nSPS) is 10.1. The number of nitrogens with zero attached hydrogens (tertiary/aromatic N) is 1. The topological polar surface area (TPSA) is 51.2 Å². The Kier molecular flexibility index (Phi) is 4.11. The van der Waals surface area contributed by atoms with Gasteiger partial charge < -0.3 is 10.1 Å². The van der Waals surface area contributed by atoms with E-state index >= 15 is 0 Å². The molecule has 19 heavy (non-hydrogen) atoms. The van der Waals surface area contributed by atoms with Crippen LogP contribution in [0.1, 0.15) is 10.4 Å². The molecule has 6 heteroatoms. The Morgan fingerprint density at radius 1 is 1.37 bits per heavy atom. The maximum absolute atomic E-state index is 12.6. The summed E-state index contributed by atoms with van der Waals surface area (Å²) in [5.41, 5.74) is 0.885. The van der Waals surface area contributed by atoms with Crippen molar-refractivity contribution in [1.82, 2.24) is 4.98 Å². The summed E-state index contributed by atoms with van der Waals surface area (Å²) in [5, 5.41) is 2.62.